The molecule has 4 aromatic rings. The molecule has 0 aliphatic carbocycles. The number of carbonyl (C=O) groups excluding carboxylic acids is 1. The van der Waals surface area contributed by atoms with Crippen molar-refractivity contribution in [3.05, 3.63) is 93.8 Å². The number of aryl methyl sites for hydroxylation is 2. The average Bonchev–Trinajstić information content (AvgIpc) is 3.48. The molecule has 0 spiro atoms. The SMILES string of the molecule is Cc1ccc(CNC(=O)CCCc2sc(N3CNc4ccccc43)nc2-c2ccc(Cl)cc2)cc1. The third-order valence-corrected chi connectivity index (χ3v) is 7.47. The maximum absolute atomic E-state index is 12.5. The molecule has 7 heteroatoms. The molecule has 1 aromatic heterocycles. The van der Waals surface area contributed by atoms with Crippen LogP contribution in [0.2, 0.25) is 5.02 Å². The number of hydrogen-bond acceptors (Lipinski definition) is 5. The van der Waals surface area contributed by atoms with Crippen LogP contribution < -0.4 is 15.5 Å². The lowest BCUT2D eigenvalue weighted by atomic mass is 10.1. The Morgan fingerprint density at radius 1 is 1.09 bits per heavy atom. The molecule has 5 rings (SSSR count). The van der Waals surface area contributed by atoms with Crippen LogP contribution in [-0.4, -0.2) is 17.6 Å². The fourth-order valence-corrected chi connectivity index (χ4v) is 5.40. The minimum absolute atomic E-state index is 0.0704. The fraction of sp³-hybridized carbons (Fsp3) is 0.214. The molecule has 2 N–H and O–H groups in total. The number of para-hydroxylation sites is 2. The Morgan fingerprint density at radius 2 is 1.86 bits per heavy atom. The van der Waals surface area contributed by atoms with E-state index < -0.39 is 0 Å². The number of thiazole rings is 1. The highest BCUT2D eigenvalue weighted by atomic mass is 35.5. The third kappa shape index (κ3) is 5.50. The van der Waals surface area contributed by atoms with Crippen LogP contribution >= 0.6 is 22.9 Å². The number of nitrogens with one attached hydrogen (secondary N) is 2. The highest BCUT2D eigenvalue weighted by molar-refractivity contribution is 7.16. The number of aromatic nitrogens is 1. The molecule has 0 radical (unpaired) electrons. The zero-order valence-electron chi connectivity index (χ0n) is 19.6. The topological polar surface area (TPSA) is 57.3 Å². The molecular weight excluding hydrogens is 476 g/mol. The number of nitrogens with zero attached hydrogens (tertiary/aromatic N) is 2. The normalized spacial score (nSPS) is 12.3. The fourth-order valence-electron chi connectivity index (χ4n) is 4.14. The summed E-state index contributed by atoms with van der Waals surface area (Å²) in [5, 5.41) is 8.12. The summed E-state index contributed by atoms with van der Waals surface area (Å²) in [4.78, 5) is 20.9. The number of rotatable bonds is 8. The molecule has 0 saturated carbocycles. The van der Waals surface area contributed by atoms with Crippen LogP contribution in [0.1, 0.15) is 28.8 Å². The van der Waals surface area contributed by atoms with Gasteiger partial charge < -0.3 is 10.6 Å². The number of halogens is 1. The summed E-state index contributed by atoms with van der Waals surface area (Å²) < 4.78 is 0. The van der Waals surface area contributed by atoms with E-state index in [-0.39, 0.29) is 5.91 Å². The number of carbonyl (C=O) groups is 1. The molecule has 0 bridgehead atoms. The minimum Gasteiger partial charge on any atom is -0.366 e. The van der Waals surface area contributed by atoms with Crippen molar-refractivity contribution in [2.75, 3.05) is 16.9 Å². The predicted molar refractivity (Wildman–Crippen MR) is 146 cm³/mol. The minimum atomic E-state index is 0.0704. The van der Waals surface area contributed by atoms with Gasteiger partial charge >= 0.3 is 0 Å². The van der Waals surface area contributed by atoms with Gasteiger partial charge in [0.05, 0.1) is 23.7 Å². The molecule has 2 heterocycles. The van der Waals surface area contributed by atoms with E-state index in [2.05, 4.69) is 58.9 Å². The van der Waals surface area contributed by atoms with Gasteiger partial charge in [-0.05, 0) is 49.6 Å². The van der Waals surface area contributed by atoms with Gasteiger partial charge in [0, 0.05) is 28.4 Å². The maximum atomic E-state index is 12.5. The van der Waals surface area contributed by atoms with Gasteiger partial charge in [0.1, 0.15) is 0 Å². The molecule has 1 amide bonds. The Balaban J connectivity index is 1.28. The van der Waals surface area contributed by atoms with Gasteiger partial charge in [-0.25, -0.2) is 4.98 Å². The maximum Gasteiger partial charge on any atom is 0.220 e. The van der Waals surface area contributed by atoms with Crippen molar-refractivity contribution in [3.8, 4) is 11.3 Å². The lowest BCUT2D eigenvalue weighted by molar-refractivity contribution is -0.121. The third-order valence-electron chi connectivity index (χ3n) is 6.08. The highest BCUT2D eigenvalue weighted by Crippen LogP contribution is 2.41. The number of fused-ring (bicyclic) bond motifs is 1. The molecule has 178 valence electrons. The van der Waals surface area contributed by atoms with Crippen molar-refractivity contribution in [3.63, 3.8) is 0 Å². The van der Waals surface area contributed by atoms with Crippen molar-refractivity contribution in [2.45, 2.75) is 32.7 Å². The summed E-state index contributed by atoms with van der Waals surface area (Å²) in [7, 11) is 0. The average molecular weight is 503 g/mol. The lowest BCUT2D eigenvalue weighted by Gasteiger charge is -2.13. The van der Waals surface area contributed by atoms with Crippen LogP contribution in [0.3, 0.4) is 0 Å². The van der Waals surface area contributed by atoms with Crippen molar-refractivity contribution in [2.24, 2.45) is 0 Å². The van der Waals surface area contributed by atoms with E-state index in [1.165, 1.54) is 10.4 Å². The largest absolute Gasteiger partial charge is 0.366 e. The van der Waals surface area contributed by atoms with E-state index in [9.17, 15) is 4.79 Å². The van der Waals surface area contributed by atoms with Crippen LogP contribution in [-0.2, 0) is 17.8 Å². The number of amides is 1. The van der Waals surface area contributed by atoms with Crippen molar-refractivity contribution in [1.82, 2.24) is 10.3 Å². The van der Waals surface area contributed by atoms with E-state index in [0.717, 1.165) is 46.2 Å². The summed E-state index contributed by atoms with van der Waals surface area (Å²) in [6, 6.07) is 24.3. The van der Waals surface area contributed by atoms with Crippen LogP contribution in [0.25, 0.3) is 11.3 Å². The second-order valence-corrected chi connectivity index (χ2v) is 10.2. The first kappa shape index (κ1) is 23.4. The summed E-state index contributed by atoms with van der Waals surface area (Å²) in [5.74, 6) is 0.0704. The standard InChI is InChI=1S/C28H27ClN4OS/c1-19-9-11-20(12-10-19)17-30-26(34)8-4-7-25-27(21-13-15-22(29)16-14-21)32-28(35-25)33-18-31-23-5-2-3-6-24(23)33/h2-3,5-6,9-16,31H,4,7-8,17-18H2,1H3,(H,30,34). The monoisotopic (exact) mass is 502 g/mol. The molecule has 5 nitrogen and oxygen atoms in total. The summed E-state index contributed by atoms with van der Waals surface area (Å²) in [6.45, 7) is 3.31. The number of hydrogen-bond donors (Lipinski definition) is 2. The Hall–Kier alpha value is -3.35. The summed E-state index contributed by atoms with van der Waals surface area (Å²) in [6.07, 6.45) is 2.03. The van der Waals surface area contributed by atoms with E-state index in [1.807, 2.05) is 36.4 Å². The van der Waals surface area contributed by atoms with Crippen molar-refractivity contribution >= 4 is 45.4 Å². The molecule has 0 unspecified atom stereocenters. The Bertz CT molecular complexity index is 1320. The highest BCUT2D eigenvalue weighted by Gasteiger charge is 2.24. The summed E-state index contributed by atoms with van der Waals surface area (Å²) >= 11 is 7.82. The molecular formula is C28H27ClN4OS. The van der Waals surface area contributed by atoms with Crippen LogP contribution in [0.4, 0.5) is 16.5 Å². The van der Waals surface area contributed by atoms with E-state index in [0.29, 0.717) is 24.7 Å². The molecule has 0 atom stereocenters. The zero-order valence-corrected chi connectivity index (χ0v) is 21.1. The van der Waals surface area contributed by atoms with Crippen LogP contribution in [0.15, 0.2) is 72.8 Å². The van der Waals surface area contributed by atoms with Gasteiger partial charge in [-0.1, -0.05) is 65.7 Å². The van der Waals surface area contributed by atoms with Gasteiger partial charge in [-0.15, -0.1) is 11.3 Å². The first-order valence-electron chi connectivity index (χ1n) is 11.7. The predicted octanol–water partition coefficient (Wildman–Crippen LogP) is 6.93. The Morgan fingerprint density at radius 3 is 2.66 bits per heavy atom. The van der Waals surface area contributed by atoms with Gasteiger partial charge in [0.15, 0.2) is 5.13 Å². The second-order valence-electron chi connectivity index (χ2n) is 8.67. The van der Waals surface area contributed by atoms with E-state index >= 15 is 0 Å². The first-order chi connectivity index (χ1) is 17.1. The van der Waals surface area contributed by atoms with E-state index in [4.69, 9.17) is 16.6 Å². The first-order valence-corrected chi connectivity index (χ1v) is 12.9. The Kier molecular flexibility index (Phi) is 7.02. The molecule has 35 heavy (non-hydrogen) atoms. The molecule has 1 aliphatic rings. The molecule has 3 aromatic carbocycles. The summed E-state index contributed by atoms with van der Waals surface area (Å²) in [5.41, 5.74) is 6.57. The molecule has 1 aliphatic heterocycles. The smallest absolute Gasteiger partial charge is 0.220 e. The quantitative estimate of drug-likeness (QED) is 0.274. The number of anilines is 3. The van der Waals surface area contributed by atoms with Crippen molar-refractivity contribution in [1.29, 1.82) is 0 Å². The van der Waals surface area contributed by atoms with Crippen LogP contribution in [0, 0.1) is 6.92 Å². The van der Waals surface area contributed by atoms with Crippen molar-refractivity contribution < 1.29 is 4.79 Å². The van der Waals surface area contributed by atoms with Gasteiger partial charge in [-0.3, -0.25) is 9.69 Å². The van der Waals surface area contributed by atoms with Gasteiger partial charge in [-0.2, -0.15) is 0 Å². The van der Waals surface area contributed by atoms with Gasteiger partial charge in [0.2, 0.25) is 5.91 Å². The van der Waals surface area contributed by atoms with E-state index in [1.54, 1.807) is 11.3 Å². The number of benzene rings is 3. The second kappa shape index (κ2) is 10.5. The molecule has 0 saturated heterocycles. The Labute approximate surface area is 214 Å². The zero-order chi connectivity index (χ0) is 24.2. The lowest BCUT2D eigenvalue weighted by Crippen LogP contribution is -2.22. The van der Waals surface area contributed by atoms with Crippen LogP contribution in [0.5, 0.6) is 0 Å². The van der Waals surface area contributed by atoms with Gasteiger partial charge in [0.25, 0.3) is 0 Å². The molecule has 0 fully saturated rings.